The Bertz CT molecular complexity index is 569. The van der Waals surface area contributed by atoms with Gasteiger partial charge in [0.15, 0.2) is 0 Å². The molecule has 0 saturated carbocycles. The Morgan fingerprint density at radius 2 is 1.95 bits per heavy atom. The summed E-state index contributed by atoms with van der Waals surface area (Å²) in [6, 6.07) is 7.75. The van der Waals surface area contributed by atoms with Gasteiger partial charge >= 0.3 is 5.97 Å². The lowest BCUT2D eigenvalue weighted by Gasteiger charge is -2.43. The molecule has 0 spiro atoms. The molecule has 0 radical (unpaired) electrons. The van der Waals surface area contributed by atoms with E-state index in [1.54, 1.807) is 7.11 Å². The summed E-state index contributed by atoms with van der Waals surface area (Å²) in [6.07, 6.45) is 0.704. The highest BCUT2D eigenvalue weighted by molar-refractivity contribution is 5.79. The van der Waals surface area contributed by atoms with Crippen molar-refractivity contribution in [2.45, 2.75) is 32.4 Å². The van der Waals surface area contributed by atoms with Crippen LogP contribution in [0.4, 0.5) is 0 Å². The van der Waals surface area contributed by atoms with Crippen molar-refractivity contribution in [2.24, 2.45) is 11.8 Å². The minimum atomic E-state index is -0.176. The predicted molar refractivity (Wildman–Crippen MR) is 80.2 cm³/mol. The molecule has 1 aromatic rings. The average Bonchev–Trinajstić information content (AvgIpc) is 2.49. The molecule has 2 fully saturated rings. The third kappa shape index (κ3) is 2.93. The van der Waals surface area contributed by atoms with Gasteiger partial charge in [0.05, 0.1) is 7.11 Å². The smallest absolute Gasteiger partial charge is 0.306 e. The highest BCUT2D eigenvalue weighted by Gasteiger charge is 2.42. The molecule has 3 rings (SSSR count). The minimum Gasteiger partial charge on any atom is -0.497 e. The first-order valence-electron chi connectivity index (χ1n) is 7.67. The van der Waals surface area contributed by atoms with Crippen molar-refractivity contribution < 1.29 is 19.1 Å². The van der Waals surface area contributed by atoms with E-state index in [0.717, 1.165) is 11.3 Å². The van der Waals surface area contributed by atoms with E-state index in [-0.39, 0.29) is 29.8 Å². The second-order valence-corrected chi connectivity index (χ2v) is 6.15. The van der Waals surface area contributed by atoms with Crippen LogP contribution < -0.4 is 4.74 Å². The lowest BCUT2D eigenvalue weighted by atomic mass is 9.78. The molecule has 0 bridgehead atoms. The van der Waals surface area contributed by atoms with Crippen LogP contribution in [-0.2, 0) is 20.9 Å². The Labute approximate surface area is 130 Å². The fourth-order valence-corrected chi connectivity index (χ4v) is 3.43. The van der Waals surface area contributed by atoms with Gasteiger partial charge in [-0.25, -0.2) is 0 Å². The zero-order chi connectivity index (χ0) is 15.7. The molecule has 0 aromatic heterocycles. The number of amides is 1. The number of nitrogens with zero attached hydrogens (tertiary/aromatic N) is 1. The summed E-state index contributed by atoms with van der Waals surface area (Å²) in [5, 5.41) is 0. The molecule has 5 nitrogen and oxygen atoms in total. The van der Waals surface area contributed by atoms with E-state index in [9.17, 15) is 9.59 Å². The summed E-state index contributed by atoms with van der Waals surface area (Å²) in [6.45, 7) is 3.17. The standard InChI is InChI=1S/C17H21NO4/c1-11-15-10-18(9-12-3-5-14(21-2)6-4-12)16(19)7-13(15)8-17(20)22-11/h3-6,11,13,15H,7-10H2,1-2H3/t11-,13+,15+/m0/s1. The molecule has 0 unspecified atom stereocenters. The zero-order valence-electron chi connectivity index (χ0n) is 13.0. The maximum atomic E-state index is 12.3. The van der Waals surface area contributed by atoms with Gasteiger partial charge in [-0.3, -0.25) is 9.59 Å². The van der Waals surface area contributed by atoms with E-state index in [1.165, 1.54) is 0 Å². The van der Waals surface area contributed by atoms with Crippen molar-refractivity contribution in [3.05, 3.63) is 29.8 Å². The molecule has 2 heterocycles. The van der Waals surface area contributed by atoms with Crippen molar-refractivity contribution in [1.82, 2.24) is 4.90 Å². The number of likely N-dealkylation sites (tertiary alicyclic amines) is 1. The van der Waals surface area contributed by atoms with Crippen LogP contribution >= 0.6 is 0 Å². The van der Waals surface area contributed by atoms with Crippen molar-refractivity contribution in [1.29, 1.82) is 0 Å². The number of ether oxygens (including phenoxy) is 2. The maximum absolute atomic E-state index is 12.3. The van der Waals surface area contributed by atoms with Gasteiger partial charge < -0.3 is 14.4 Å². The number of cyclic esters (lactones) is 1. The van der Waals surface area contributed by atoms with Crippen LogP contribution in [0.25, 0.3) is 0 Å². The van der Waals surface area contributed by atoms with E-state index in [0.29, 0.717) is 25.9 Å². The van der Waals surface area contributed by atoms with E-state index in [1.807, 2.05) is 36.1 Å². The minimum absolute atomic E-state index is 0.113. The number of esters is 1. The first kappa shape index (κ1) is 14.9. The van der Waals surface area contributed by atoms with Crippen LogP contribution in [0.1, 0.15) is 25.3 Å². The first-order chi connectivity index (χ1) is 10.6. The van der Waals surface area contributed by atoms with Crippen molar-refractivity contribution >= 4 is 11.9 Å². The predicted octanol–water partition coefficient (Wildman–Crippen LogP) is 2.00. The Hall–Kier alpha value is -2.04. The summed E-state index contributed by atoms with van der Waals surface area (Å²) in [4.78, 5) is 25.7. The van der Waals surface area contributed by atoms with Gasteiger partial charge in [-0.15, -0.1) is 0 Å². The van der Waals surface area contributed by atoms with Gasteiger partial charge in [0.25, 0.3) is 0 Å². The Morgan fingerprint density at radius 1 is 1.23 bits per heavy atom. The van der Waals surface area contributed by atoms with Gasteiger partial charge in [-0.2, -0.15) is 0 Å². The van der Waals surface area contributed by atoms with E-state index >= 15 is 0 Å². The summed E-state index contributed by atoms with van der Waals surface area (Å²) in [7, 11) is 1.63. The molecule has 3 atom stereocenters. The molecule has 2 aliphatic rings. The normalized spacial score (nSPS) is 28.1. The Morgan fingerprint density at radius 3 is 2.64 bits per heavy atom. The summed E-state index contributed by atoms with van der Waals surface area (Å²) < 4.78 is 10.5. The molecular formula is C17H21NO4. The van der Waals surface area contributed by atoms with Crippen LogP contribution in [0.5, 0.6) is 5.75 Å². The van der Waals surface area contributed by atoms with Crippen LogP contribution in [0.15, 0.2) is 24.3 Å². The fourth-order valence-electron chi connectivity index (χ4n) is 3.43. The van der Waals surface area contributed by atoms with Crippen molar-refractivity contribution in [3.63, 3.8) is 0 Å². The lowest BCUT2D eigenvalue weighted by molar-refractivity contribution is -0.168. The van der Waals surface area contributed by atoms with Gasteiger partial charge in [0.1, 0.15) is 11.9 Å². The number of fused-ring (bicyclic) bond motifs is 1. The Kier molecular flexibility index (Phi) is 4.05. The van der Waals surface area contributed by atoms with Gasteiger partial charge in [0.2, 0.25) is 5.91 Å². The molecule has 2 saturated heterocycles. The number of carbonyl (C=O) groups excluding carboxylic acids is 2. The van der Waals surface area contributed by atoms with Gasteiger partial charge in [0, 0.05) is 31.8 Å². The van der Waals surface area contributed by atoms with E-state index in [4.69, 9.17) is 9.47 Å². The number of piperidine rings is 1. The number of hydrogen-bond acceptors (Lipinski definition) is 4. The van der Waals surface area contributed by atoms with Crippen LogP contribution in [0.3, 0.4) is 0 Å². The van der Waals surface area contributed by atoms with Gasteiger partial charge in [-0.05, 0) is 30.5 Å². The number of methoxy groups -OCH3 is 1. The zero-order valence-corrected chi connectivity index (χ0v) is 13.0. The largest absolute Gasteiger partial charge is 0.497 e. The van der Waals surface area contributed by atoms with E-state index < -0.39 is 0 Å². The summed E-state index contributed by atoms with van der Waals surface area (Å²) >= 11 is 0. The van der Waals surface area contributed by atoms with Crippen LogP contribution in [-0.4, -0.2) is 36.5 Å². The molecule has 0 N–H and O–H groups in total. The second kappa shape index (κ2) is 5.99. The molecule has 22 heavy (non-hydrogen) atoms. The van der Waals surface area contributed by atoms with Crippen LogP contribution in [0.2, 0.25) is 0 Å². The molecule has 1 amide bonds. The second-order valence-electron chi connectivity index (χ2n) is 6.15. The molecule has 0 aliphatic carbocycles. The Balaban J connectivity index is 1.69. The molecule has 1 aromatic carbocycles. The SMILES string of the molecule is COc1ccc(CN2C[C@H]3[C@@H](CC(=O)O[C@H]3C)CC2=O)cc1. The molecule has 5 heteroatoms. The van der Waals surface area contributed by atoms with E-state index in [2.05, 4.69) is 0 Å². The third-order valence-corrected chi connectivity index (χ3v) is 4.71. The van der Waals surface area contributed by atoms with Crippen molar-refractivity contribution in [2.75, 3.05) is 13.7 Å². The monoisotopic (exact) mass is 303 g/mol. The number of hydrogen-bond donors (Lipinski definition) is 0. The number of benzene rings is 1. The molecular weight excluding hydrogens is 282 g/mol. The summed E-state index contributed by atoms with van der Waals surface area (Å²) in [5.41, 5.74) is 1.08. The third-order valence-electron chi connectivity index (χ3n) is 4.71. The quantitative estimate of drug-likeness (QED) is 0.801. The number of carbonyl (C=O) groups is 2. The maximum Gasteiger partial charge on any atom is 0.306 e. The van der Waals surface area contributed by atoms with Gasteiger partial charge in [-0.1, -0.05) is 12.1 Å². The van der Waals surface area contributed by atoms with Crippen LogP contribution in [0, 0.1) is 11.8 Å². The average molecular weight is 303 g/mol. The lowest BCUT2D eigenvalue weighted by Crippen LogP contribution is -2.51. The van der Waals surface area contributed by atoms with Crippen molar-refractivity contribution in [3.8, 4) is 5.75 Å². The first-order valence-corrected chi connectivity index (χ1v) is 7.67. The fraction of sp³-hybridized carbons (Fsp3) is 0.529. The highest BCUT2D eigenvalue weighted by atomic mass is 16.5. The number of rotatable bonds is 3. The highest BCUT2D eigenvalue weighted by Crippen LogP contribution is 2.35. The summed E-state index contributed by atoms with van der Waals surface area (Å²) in [5.74, 6) is 1.13. The topological polar surface area (TPSA) is 55.8 Å². The molecule has 118 valence electrons. The molecule has 2 aliphatic heterocycles.